The zero-order valence-corrected chi connectivity index (χ0v) is 27.4. The van der Waals surface area contributed by atoms with E-state index in [-0.39, 0.29) is 17.4 Å². The summed E-state index contributed by atoms with van der Waals surface area (Å²) in [6.07, 6.45) is 1.49. The molecule has 6 rings (SSSR count). The van der Waals surface area contributed by atoms with Crippen LogP contribution >= 0.6 is 35.0 Å². The molecule has 0 aliphatic rings. The molecule has 0 spiro atoms. The molecule has 8 nitrogen and oxygen atoms in total. The van der Waals surface area contributed by atoms with Crippen LogP contribution in [0.25, 0.3) is 28.6 Å². The average Bonchev–Trinajstić information content (AvgIpc) is 3.54. The number of fused-ring (bicyclic) bond motifs is 1. The molecular weight excluding hydrogens is 667 g/mol. The van der Waals surface area contributed by atoms with Gasteiger partial charge in [-0.05, 0) is 96.6 Å². The number of nitrogens with one attached hydrogen (secondary N) is 3. The lowest BCUT2D eigenvalue weighted by Crippen LogP contribution is -2.30. The molecule has 3 amide bonds. The predicted molar refractivity (Wildman–Crippen MR) is 192 cm³/mol. The highest BCUT2D eigenvalue weighted by atomic mass is 35.5. The van der Waals surface area contributed by atoms with Crippen molar-refractivity contribution < 1.29 is 18.8 Å². The minimum Gasteiger partial charge on any atom is -0.436 e. The van der Waals surface area contributed by atoms with E-state index in [4.69, 9.17) is 27.6 Å². The van der Waals surface area contributed by atoms with Gasteiger partial charge in [0.1, 0.15) is 11.2 Å². The summed E-state index contributed by atoms with van der Waals surface area (Å²) in [7, 11) is 0. The maximum Gasteiger partial charge on any atom is 0.272 e. The van der Waals surface area contributed by atoms with Gasteiger partial charge in [-0.3, -0.25) is 14.4 Å². The van der Waals surface area contributed by atoms with Crippen molar-refractivity contribution in [3.63, 3.8) is 0 Å². The van der Waals surface area contributed by atoms with Gasteiger partial charge in [0.15, 0.2) is 5.58 Å². The van der Waals surface area contributed by atoms with Crippen molar-refractivity contribution in [1.82, 2.24) is 10.3 Å². The van der Waals surface area contributed by atoms with Gasteiger partial charge in [-0.15, -0.1) is 11.8 Å². The third-order valence-corrected chi connectivity index (χ3v) is 8.56. The third-order valence-electron chi connectivity index (χ3n) is 6.98. The van der Waals surface area contributed by atoms with Crippen molar-refractivity contribution in [1.29, 1.82) is 0 Å². The van der Waals surface area contributed by atoms with Crippen LogP contribution < -0.4 is 16.0 Å². The molecule has 48 heavy (non-hydrogen) atoms. The number of anilines is 2. The number of carbonyl (C=O) groups excluding carboxylic acids is 3. The number of benzene rings is 5. The normalized spacial score (nSPS) is 11.2. The third kappa shape index (κ3) is 8.32. The predicted octanol–water partition coefficient (Wildman–Crippen LogP) is 8.94. The van der Waals surface area contributed by atoms with Gasteiger partial charge in [0.2, 0.25) is 11.8 Å². The lowest BCUT2D eigenvalue weighted by atomic mass is 10.1. The molecule has 238 valence electrons. The van der Waals surface area contributed by atoms with Crippen molar-refractivity contribution in [2.24, 2.45) is 0 Å². The molecule has 0 radical (unpaired) electrons. The smallest absolute Gasteiger partial charge is 0.272 e. The Morgan fingerprint density at radius 1 is 0.771 bits per heavy atom. The van der Waals surface area contributed by atoms with E-state index in [2.05, 4.69) is 20.9 Å². The largest absolute Gasteiger partial charge is 0.436 e. The Balaban J connectivity index is 1.05. The molecule has 11 heteroatoms. The van der Waals surface area contributed by atoms with Crippen molar-refractivity contribution in [2.45, 2.75) is 4.90 Å². The first-order chi connectivity index (χ1) is 23.3. The number of thioether (sulfide) groups is 1. The van der Waals surface area contributed by atoms with E-state index >= 15 is 0 Å². The number of hydrogen-bond acceptors (Lipinski definition) is 6. The summed E-state index contributed by atoms with van der Waals surface area (Å²) in [5, 5.41) is 9.16. The Morgan fingerprint density at radius 3 is 2.19 bits per heavy atom. The van der Waals surface area contributed by atoms with Gasteiger partial charge >= 0.3 is 0 Å². The lowest BCUT2D eigenvalue weighted by molar-refractivity contribution is -0.114. The second kappa shape index (κ2) is 15.0. The maximum atomic E-state index is 13.3. The van der Waals surface area contributed by atoms with Gasteiger partial charge in [0.25, 0.3) is 11.8 Å². The second-order valence-electron chi connectivity index (χ2n) is 10.4. The molecule has 0 saturated heterocycles. The summed E-state index contributed by atoms with van der Waals surface area (Å²) < 4.78 is 5.81. The van der Waals surface area contributed by atoms with Crippen LogP contribution in [0.3, 0.4) is 0 Å². The van der Waals surface area contributed by atoms with Gasteiger partial charge in [0, 0.05) is 37.4 Å². The number of nitrogens with zero attached hydrogens (tertiary/aromatic N) is 1. The highest BCUT2D eigenvalue weighted by molar-refractivity contribution is 8.00. The number of oxazole rings is 1. The van der Waals surface area contributed by atoms with E-state index in [1.54, 1.807) is 84.9 Å². The standard InChI is InChI=1S/C37H26Cl2N4O4S/c38-26-13-10-25(30(39)21-26)20-32(42-35(45)23-6-2-1-3-7-23)36(46)41-28-16-18-29(19-17-28)48-22-34(44)40-27-14-11-24(12-15-27)37-43-31-8-4-5-9-33(31)47-37/h1-21H,22H2,(H,40,44)(H,41,46)(H,42,45)/b32-20-. The SMILES string of the molecule is O=C(CSc1ccc(NC(=O)/C(=C/c2ccc(Cl)cc2Cl)NC(=O)c2ccccc2)cc1)Nc1ccc(-c2nc3ccccc3o2)cc1. The molecule has 0 fully saturated rings. The van der Waals surface area contributed by atoms with Gasteiger partial charge in [-0.25, -0.2) is 4.98 Å². The van der Waals surface area contributed by atoms with E-state index in [0.717, 1.165) is 16.0 Å². The number of rotatable bonds is 10. The number of carbonyl (C=O) groups is 3. The summed E-state index contributed by atoms with van der Waals surface area (Å²) in [6.45, 7) is 0. The fraction of sp³-hybridized carbons (Fsp3) is 0.0270. The van der Waals surface area contributed by atoms with Gasteiger partial charge < -0.3 is 20.4 Å². The Bertz CT molecular complexity index is 2100. The first-order valence-corrected chi connectivity index (χ1v) is 16.4. The highest BCUT2D eigenvalue weighted by Crippen LogP contribution is 2.27. The Hall–Kier alpha value is -5.35. The van der Waals surface area contributed by atoms with Crippen LogP contribution in [0.2, 0.25) is 10.0 Å². The molecule has 0 unspecified atom stereocenters. The average molecular weight is 694 g/mol. The first-order valence-electron chi connectivity index (χ1n) is 14.6. The van der Waals surface area contributed by atoms with Gasteiger partial charge in [0.05, 0.1) is 5.75 Å². The minimum atomic E-state index is -0.549. The molecule has 3 N–H and O–H groups in total. The zero-order valence-electron chi connectivity index (χ0n) is 25.1. The summed E-state index contributed by atoms with van der Waals surface area (Å²) >= 11 is 13.7. The number of amides is 3. The van der Waals surface area contributed by atoms with Crippen LogP contribution in [0.15, 0.2) is 136 Å². The summed E-state index contributed by atoms with van der Waals surface area (Å²) in [4.78, 5) is 44.2. The second-order valence-corrected chi connectivity index (χ2v) is 12.3. The lowest BCUT2D eigenvalue weighted by Gasteiger charge is -2.12. The maximum absolute atomic E-state index is 13.3. The molecule has 0 aliphatic heterocycles. The Kier molecular flexibility index (Phi) is 10.2. The van der Waals surface area contributed by atoms with E-state index in [1.165, 1.54) is 17.8 Å². The zero-order chi connectivity index (χ0) is 33.5. The van der Waals surface area contributed by atoms with Gasteiger partial charge in [-0.2, -0.15) is 0 Å². The van der Waals surface area contributed by atoms with E-state index < -0.39 is 11.8 Å². The molecule has 0 saturated carbocycles. The van der Waals surface area contributed by atoms with Crippen molar-refractivity contribution >= 4 is 81.2 Å². The number of halogens is 2. The van der Waals surface area contributed by atoms with Crippen LogP contribution in [0.4, 0.5) is 11.4 Å². The van der Waals surface area contributed by atoms with Crippen molar-refractivity contribution in [2.75, 3.05) is 16.4 Å². The minimum absolute atomic E-state index is 0.00918. The van der Waals surface area contributed by atoms with Crippen molar-refractivity contribution in [3.8, 4) is 11.5 Å². The van der Waals surface area contributed by atoms with E-state index in [0.29, 0.717) is 44.0 Å². The fourth-order valence-corrected chi connectivity index (χ4v) is 5.75. The molecule has 0 atom stereocenters. The molecule has 5 aromatic carbocycles. The molecule has 1 aromatic heterocycles. The number of hydrogen-bond donors (Lipinski definition) is 3. The molecular formula is C37H26Cl2N4O4S. The van der Waals surface area contributed by atoms with Crippen LogP contribution in [-0.2, 0) is 9.59 Å². The van der Waals surface area contributed by atoms with Gasteiger partial charge in [-0.1, -0.05) is 59.6 Å². The Morgan fingerprint density at radius 2 is 1.46 bits per heavy atom. The molecule has 0 aliphatic carbocycles. The highest BCUT2D eigenvalue weighted by Gasteiger charge is 2.16. The monoisotopic (exact) mass is 692 g/mol. The molecule has 6 aromatic rings. The topological polar surface area (TPSA) is 113 Å². The van der Waals surface area contributed by atoms with E-state index in [1.807, 2.05) is 36.4 Å². The number of aromatic nitrogens is 1. The van der Waals surface area contributed by atoms with Crippen LogP contribution in [0.5, 0.6) is 0 Å². The van der Waals surface area contributed by atoms with E-state index in [9.17, 15) is 14.4 Å². The quantitative estimate of drug-likeness (QED) is 0.0976. The number of para-hydroxylation sites is 2. The van der Waals surface area contributed by atoms with Crippen LogP contribution in [0.1, 0.15) is 15.9 Å². The first kappa shape index (κ1) is 32.6. The molecule has 1 heterocycles. The summed E-state index contributed by atoms with van der Waals surface area (Å²) in [5.74, 6) is -0.478. The summed E-state index contributed by atoms with van der Waals surface area (Å²) in [5.41, 5.74) is 4.34. The Labute approximate surface area is 290 Å². The van der Waals surface area contributed by atoms with Crippen LogP contribution in [-0.4, -0.2) is 28.5 Å². The summed E-state index contributed by atoms with van der Waals surface area (Å²) in [6, 6.07) is 35.3. The molecule has 0 bridgehead atoms. The van der Waals surface area contributed by atoms with Crippen LogP contribution in [0, 0.1) is 0 Å². The fourth-order valence-electron chi connectivity index (χ4n) is 4.59. The van der Waals surface area contributed by atoms with Crippen molar-refractivity contribution in [3.05, 3.63) is 148 Å².